The van der Waals surface area contributed by atoms with Crippen molar-refractivity contribution in [2.24, 2.45) is 5.92 Å². The van der Waals surface area contributed by atoms with Crippen LogP contribution in [0.25, 0.3) is 11.1 Å². The van der Waals surface area contributed by atoms with Gasteiger partial charge in [0.15, 0.2) is 0 Å². The van der Waals surface area contributed by atoms with E-state index in [0.29, 0.717) is 12.5 Å². The van der Waals surface area contributed by atoms with Gasteiger partial charge in [0.25, 0.3) is 0 Å². The molecule has 1 aliphatic rings. The molecule has 29 heavy (non-hydrogen) atoms. The van der Waals surface area contributed by atoms with Crippen molar-refractivity contribution >= 4 is 33.5 Å². The SMILES string of the molecule is O=C(Nc1ccc(Br)cc1)C1CCCN(c2ncc(-c3cccc(F)c3)cn2)C1. The smallest absolute Gasteiger partial charge is 0.229 e. The number of nitrogens with one attached hydrogen (secondary N) is 1. The predicted molar refractivity (Wildman–Crippen MR) is 115 cm³/mol. The molecule has 2 aromatic carbocycles. The summed E-state index contributed by atoms with van der Waals surface area (Å²) >= 11 is 3.39. The zero-order chi connectivity index (χ0) is 20.2. The van der Waals surface area contributed by atoms with E-state index < -0.39 is 0 Å². The fraction of sp³-hybridized carbons (Fsp3) is 0.227. The van der Waals surface area contributed by atoms with Gasteiger partial charge < -0.3 is 10.2 Å². The summed E-state index contributed by atoms with van der Waals surface area (Å²) < 4.78 is 14.4. The molecule has 1 aliphatic heterocycles. The zero-order valence-corrected chi connectivity index (χ0v) is 17.3. The summed E-state index contributed by atoms with van der Waals surface area (Å²) in [6.07, 6.45) is 5.12. The van der Waals surface area contributed by atoms with Gasteiger partial charge in [-0.2, -0.15) is 0 Å². The first-order chi connectivity index (χ1) is 14.1. The summed E-state index contributed by atoms with van der Waals surface area (Å²) in [5.41, 5.74) is 2.28. The molecule has 1 saturated heterocycles. The number of carbonyl (C=O) groups is 1. The molecule has 4 rings (SSSR count). The maximum Gasteiger partial charge on any atom is 0.229 e. The molecule has 1 aromatic heterocycles. The predicted octanol–water partition coefficient (Wildman–Crippen LogP) is 4.90. The second-order valence-corrected chi connectivity index (χ2v) is 7.98. The van der Waals surface area contributed by atoms with Crippen molar-refractivity contribution in [2.45, 2.75) is 12.8 Å². The lowest BCUT2D eigenvalue weighted by Crippen LogP contribution is -2.41. The lowest BCUT2D eigenvalue weighted by molar-refractivity contribution is -0.120. The highest BCUT2D eigenvalue weighted by molar-refractivity contribution is 9.10. The van der Waals surface area contributed by atoms with Crippen LogP contribution >= 0.6 is 15.9 Å². The van der Waals surface area contributed by atoms with E-state index in [1.165, 1.54) is 12.1 Å². The number of benzene rings is 2. The molecular formula is C22H20BrFN4O. The second kappa shape index (κ2) is 8.69. The maximum absolute atomic E-state index is 13.4. The van der Waals surface area contributed by atoms with Crippen molar-refractivity contribution in [1.29, 1.82) is 0 Å². The van der Waals surface area contributed by atoms with Gasteiger partial charge in [0.2, 0.25) is 11.9 Å². The van der Waals surface area contributed by atoms with Crippen LogP contribution in [-0.4, -0.2) is 29.0 Å². The van der Waals surface area contributed by atoms with Gasteiger partial charge in [0.05, 0.1) is 5.92 Å². The van der Waals surface area contributed by atoms with Crippen LogP contribution in [0.4, 0.5) is 16.0 Å². The van der Waals surface area contributed by atoms with Gasteiger partial charge >= 0.3 is 0 Å². The van der Waals surface area contributed by atoms with Gasteiger partial charge in [0.1, 0.15) is 5.82 Å². The number of amides is 1. The third-order valence-electron chi connectivity index (χ3n) is 4.98. The summed E-state index contributed by atoms with van der Waals surface area (Å²) in [5.74, 6) is 0.181. The van der Waals surface area contributed by atoms with Crippen LogP contribution in [0, 0.1) is 11.7 Å². The number of hydrogen-bond donors (Lipinski definition) is 1. The van der Waals surface area contributed by atoms with Gasteiger partial charge in [-0.3, -0.25) is 4.79 Å². The van der Waals surface area contributed by atoms with E-state index in [-0.39, 0.29) is 17.6 Å². The number of carbonyl (C=O) groups excluding carboxylic acids is 1. The second-order valence-electron chi connectivity index (χ2n) is 7.06. The summed E-state index contributed by atoms with van der Waals surface area (Å²) in [7, 11) is 0. The Morgan fingerprint density at radius 2 is 1.86 bits per heavy atom. The molecule has 148 valence electrons. The summed E-state index contributed by atoms with van der Waals surface area (Å²) in [6, 6.07) is 13.9. The van der Waals surface area contributed by atoms with E-state index in [0.717, 1.165) is 40.7 Å². The molecule has 1 unspecified atom stereocenters. The average molecular weight is 455 g/mol. The fourth-order valence-electron chi connectivity index (χ4n) is 3.45. The Kier molecular flexibility index (Phi) is 5.85. The Labute approximate surface area is 177 Å². The van der Waals surface area contributed by atoms with Gasteiger partial charge in [-0.05, 0) is 54.8 Å². The molecule has 2 heterocycles. The average Bonchev–Trinajstić information content (AvgIpc) is 2.75. The first-order valence-electron chi connectivity index (χ1n) is 9.48. The first-order valence-corrected chi connectivity index (χ1v) is 10.3. The zero-order valence-electron chi connectivity index (χ0n) is 15.7. The minimum atomic E-state index is -0.290. The summed E-state index contributed by atoms with van der Waals surface area (Å²) in [6.45, 7) is 1.38. The van der Waals surface area contributed by atoms with Crippen LogP contribution in [-0.2, 0) is 4.79 Å². The quantitative estimate of drug-likeness (QED) is 0.608. The molecule has 1 amide bonds. The molecule has 1 fully saturated rings. The fourth-order valence-corrected chi connectivity index (χ4v) is 3.72. The first kappa shape index (κ1) is 19.5. The summed E-state index contributed by atoms with van der Waals surface area (Å²) in [4.78, 5) is 23.6. The van der Waals surface area contributed by atoms with E-state index in [1.54, 1.807) is 18.5 Å². The van der Waals surface area contributed by atoms with Crippen molar-refractivity contribution in [1.82, 2.24) is 9.97 Å². The third-order valence-corrected chi connectivity index (χ3v) is 5.51. The normalized spacial score (nSPS) is 16.5. The number of aromatic nitrogens is 2. The molecule has 7 heteroatoms. The molecule has 5 nitrogen and oxygen atoms in total. The van der Waals surface area contributed by atoms with E-state index >= 15 is 0 Å². The number of piperidine rings is 1. The molecule has 1 N–H and O–H groups in total. The number of anilines is 2. The lowest BCUT2D eigenvalue weighted by Gasteiger charge is -2.32. The standard InChI is InChI=1S/C22H20BrFN4O/c23-18-6-8-20(9-7-18)27-21(29)16-4-2-10-28(14-16)22-25-12-17(13-26-22)15-3-1-5-19(24)11-15/h1,3,5-9,11-13,16H,2,4,10,14H2,(H,27,29). The van der Waals surface area contributed by atoms with Crippen LogP contribution in [0.15, 0.2) is 65.4 Å². The minimum absolute atomic E-state index is 0.00778. The molecule has 0 bridgehead atoms. The van der Waals surface area contributed by atoms with Crippen molar-refractivity contribution in [3.63, 3.8) is 0 Å². The van der Waals surface area contributed by atoms with Crippen molar-refractivity contribution < 1.29 is 9.18 Å². The van der Waals surface area contributed by atoms with Gasteiger partial charge in [-0.15, -0.1) is 0 Å². The van der Waals surface area contributed by atoms with Gasteiger partial charge in [0, 0.05) is 41.2 Å². The van der Waals surface area contributed by atoms with Crippen molar-refractivity contribution in [2.75, 3.05) is 23.3 Å². The number of nitrogens with zero attached hydrogens (tertiary/aromatic N) is 3. The van der Waals surface area contributed by atoms with E-state index in [1.807, 2.05) is 35.2 Å². The Morgan fingerprint density at radius 1 is 1.10 bits per heavy atom. The molecule has 0 spiro atoms. The Hall–Kier alpha value is -2.80. The lowest BCUT2D eigenvalue weighted by atomic mass is 9.97. The van der Waals surface area contributed by atoms with E-state index in [4.69, 9.17) is 0 Å². The van der Waals surface area contributed by atoms with Crippen LogP contribution < -0.4 is 10.2 Å². The van der Waals surface area contributed by atoms with Crippen molar-refractivity contribution in [3.05, 3.63) is 71.2 Å². The largest absolute Gasteiger partial charge is 0.340 e. The Morgan fingerprint density at radius 3 is 2.59 bits per heavy atom. The highest BCUT2D eigenvalue weighted by atomic mass is 79.9. The summed E-state index contributed by atoms with van der Waals surface area (Å²) in [5, 5.41) is 2.98. The van der Waals surface area contributed by atoms with E-state index in [2.05, 4.69) is 31.2 Å². The van der Waals surface area contributed by atoms with Crippen LogP contribution in [0.1, 0.15) is 12.8 Å². The topological polar surface area (TPSA) is 58.1 Å². The van der Waals surface area contributed by atoms with Crippen LogP contribution in [0.3, 0.4) is 0 Å². The maximum atomic E-state index is 13.4. The molecule has 0 saturated carbocycles. The minimum Gasteiger partial charge on any atom is -0.340 e. The number of rotatable bonds is 4. The van der Waals surface area contributed by atoms with Gasteiger partial charge in [-0.25, -0.2) is 14.4 Å². The Balaban J connectivity index is 1.42. The number of hydrogen-bond acceptors (Lipinski definition) is 4. The van der Waals surface area contributed by atoms with Crippen molar-refractivity contribution in [3.8, 4) is 11.1 Å². The molecule has 3 aromatic rings. The monoisotopic (exact) mass is 454 g/mol. The molecular weight excluding hydrogens is 435 g/mol. The highest BCUT2D eigenvalue weighted by Gasteiger charge is 2.27. The van der Waals surface area contributed by atoms with Crippen LogP contribution in [0.2, 0.25) is 0 Å². The van der Waals surface area contributed by atoms with Gasteiger partial charge in [-0.1, -0.05) is 28.1 Å². The molecule has 0 aliphatic carbocycles. The number of halogens is 2. The molecule has 0 radical (unpaired) electrons. The van der Waals surface area contributed by atoms with Crippen LogP contribution in [0.5, 0.6) is 0 Å². The highest BCUT2D eigenvalue weighted by Crippen LogP contribution is 2.24. The van der Waals surface area contributed by atoms with E-state index in [9.17, 15) is 9.18 Å². The Bertz CT molecular complexity index is 994. The third kappa shape index (κ3) is 4.79. The molecule has 1 atom stereocenters.